The zero-order valence-corrected chi connectivity index (χ0v) is 16.2. The predicted octanol–water partition coefficient (Wildman–Crippen LogP) is 4.06. The van der Waals surface area contributed by atoms with Gasteiger partial charge in [0.25, 0.3) is 11.7 Å². The first-order valence-electron chi connectivity index (χ1n) is 8.88. The van der Waals surface area contributed by atoms with Gasteiger partial charge in [0.2, 0.25) is 0 Å². The highest BCUT2D eigenvalue weighted by Crippen LogP contribution is 2.43. The minimum atomic E-state index is -0.887. The third-order valence-corrected chi connectivity index (χ3v) is 5.27. The summed E-state index contributed by atoms with van der Waals surface area (Å²) in [6, 6.07) is 12.6. The molecule has 1 aliphatic heterocycles. The number of pyridine rings is 2. The van der Waals surface area contributed by atoms with Crippen molar-refractivity contribution in [2.75, 3.05) is 4.90 Å². The van der Waals surface area contributed by atoms with Crippen LogP contribution >= 0.6 is 11.6 Å². The zero-order chi connectivity index (χ0) is 20.5. The van der Waals surface area contributed by atoms with E-state index in [0.29, 0.717) is 27.5 Å². The fourth-order valence-electron chi connectivity index (χ4n) is 3.42. The van der Waals surface area contributed by atoms with Gasteiger partial charge < -0.3 is 5.11 Å². The molecule has 1 aliphatic rings. The maximum Gasteiger partial charge on any atom is 0.300 e. The minimum absolute atomic E-state index is 0.0284. The average Bonchev–Trinajstić information content (AvgIpc) is 3.01. The first kappa shape index (κ1) is 18.8. The van der Waals surface area contributed by atoms with E-state index >= 15 is 0 Å². The number of carbonyl (C=O) groups excluding carboxylic acids is 2. The van der Waals surface area contributed by atoms with Crippen LogP contribution in [0.2, 0.25) is 5.02 Å². The fourth-order valence-corrected chi connectivity index (χ4v) is 3.59. The third kappa shape index (κ3) is 3.17. The Kier molecular flexibility index (Phi) is 4.86. The second kappa shape index (κ2) is 7.48. The van der Waals surface area contributed by atoms with Gasteiger partial charge in [-0.15, -0.1) is 0 Å². The normalized spacial score (nSPS) is 18.3. The van der Waals surface area contributed by atoms with Gasteiger partial charge in [0.15, 0.2) is 0 Å². The smallest absolute Gasteiger partial charge is 0.300 e. The molecule has 0 bridgehead atoms. The van der Waals surface area contributed by atoms with Crippen molar-refractivity contribution in [1.29, 1.82) is 0 Å². The Morgan fingerprint density at radius 1 is 1.03 bits per heavy atom. The average molecular weight is 406 g/mol. The molecule has 1 atom stereocenters. The van der Waals surface area contributed by atoms with E-state index in [0.717, 1.165) is 0 Å². The van der Waals surface area contributed by atoms with E-state index in [2.05, 4.69) is 9.97 Å². The lowest BCUT2D eigenvalue weighted by molar-refractivity contribution is -0.132. The van der Waals surface area contributed by atoms with Gasteiger partial charge >= 0.3 is 0 Å². The molecule has 0 aliphatic carbocycles. The van der Waals surface area contributed by atoms with Gasteiger partial charge in [-0.2, -0.15) is 0 Å². The van der Waals surface area contributed by atoms with E-state index in [4.69, 9.17) is 11.6 Å². The van der Waals surface area contributed by atoms with Gasteiger partial charge in [0.1, 0.15) is 11.8 Å². The number of benzene rings is 1. The number of hydrogen-bond donors (Lipinski definition) is 1. The Labute approximate surface area is 172 Å². The summed E-state index contributed by atoms with van der Waals surface area (Å²) in [6.07, 6.45) is 4.58. The maximum atomic E-state index is 13.0. The minimum Gasteiger partial charge on any atom is -0.507 e. The van der Waals surface area contributed by atoms with Crippen molar-refractivity contribution in [2.24, 2.45) is 0 Å². The molecule has 1 saturated heterocycles. The van der Waals surface area contributed by atoms with E-state index in [1.165, 1.54) is 17.3 Å². The summed E-state index contributed by atoms with van der Waals surface area (Å²) in [5, 5.41) is 11.4. The molecule has 1 aromatic carbocycles. The topological polar surface area (TPSA) is 83.4 Å². The van der Waals surface area contributed by atoms with E-state index < -0.39 is 17.7 Å². The van der Waals surface area contributed by atoms with Crippen molar-refractivity contribution in [2.45, 2.75) is 13.0 Å². The predicted molar refractivity (Wildman–Crippen MR) is 109 cm³/mol. The molecule has 6 nitrogen and oxygen atoms in total. The maximum absolute atomic E-state index is 13.0. The van der Waals surface area contributed by atoms with Crippen LogP contribution in [0.25, 0.3) is 5.76 Å². The van der Waals surface area contributed by atoms with Gasteiger partial charge in [-0.3, -0.25) is 24.5 Å². The molecule has 1 unspecified atom stereocenters. The largest absolute Gasteiger partial charge is 0.507 e. The molecule has 1 N–H and O–H groups in total. The summed E-state index contributed by atoms with van der Waals surface area (Å²) in [4.78, 5) is 35.7. The summed E-state index contributed by atoms with van der Waals surface area (Å²) in [7, 11) is 0. The first-order chi connectivity index (χ1) is 14.0. The number of aliphatic hydroxyl groups is 1. The van der Waals surface area contributed by atoms with Gasteiger partial charge in [-0.05, 0) is 48.9 Å². The van der Waals surface area contributed by atoms with Crippen LogP contribution in [0.5, 0.6) is 0 Å². The second-order valence-electron chi connectivity index (χ2n) is 6.54. The number of carbonyl (C=O) groups is 2. The summed E-state index contributed by atoms with van der Waals surface area (Å²) in [5.74, 6) is -1.81. The van der Waals surface area contributed by atoms with E-state index in [1.807, 2.05) is 0 Å². The lowest BCUT2D eigenvalue weighted by atomic mass is 9.98. The van der Waals surface area contributed by atoms with Crippen molar-refractivity contribution >= 4 is 34.7 Å². The third-order valence-electron chi connectivity index (χ3n) is 4.86. The Morgan fingerprint density at radius 2 is 1.79 bits per heavy atom. The number of halogens is 1. The number of rotatable bonds is 3. The van der Waals surface area contributed by atoms with Crippen LogP contribution in [0, 0.1) is 6.92 Å². The molecule has 7 heteroatoms. The Bertz CT molecular complexity index is 1130. The molecule has 3 aromatic rings. The van der Waals surface area contributed by atoms with Crippen molar-refractivity contribution in [3.8, 4) is 0 Å². The number of Topliss-reactive ketones (excluding diaryl/α,β-unsaturated/α-hetero) is 1. The summed E-state index contributed by atoms with van der Waals surface area (Å²) < 4.78 is 0. The molecule has 0 radical (unpaired) electrons. The molecular weight excluding hydrogens is 390 g/mol. The highest BCUT2D eigenvalue weighted by Gasteiger charge is 2.48. The quantitative estimate of drug-likeness (QED) is 0.403. The number of amides is 1. The number of nitrogens with zero attached hydrogens (tertiary/aromatic N) is 3. The Balaban J connectivity index is 1.98. The monoisotopic (exact) mass is 405 g/mol. The molecule has 29 heavy (non-hydrogen) atoms. The van der Waals surface area contributed by atoms with Crippen molar-refractivity contribution in [3.63, 3.8) is 0 Å². The molecule has 4 rings (SSSR count). The van der Waals surface area contributed by atoms with Gasteiger partial charge in [0.05, 0.1) is 11.3 Å². The molecule has 144 valence electrons. The fraction of sp³-hybridized carbons (Fsp3) is 0.0909. The number of aromatic nitrogens is 2. The highest BCUT2D eigenvalue weighted by molar-refractivity contribution is 6.52. The van der Waals surface area contributed by atoms with Crippen LogP contribution in [-0.4, -0.2) is 26.8 Å². The molecule has 0 spiro atoms. The van der Waals surface area contributed by atoms with Crippen molar-refractivity contribution < 1.29 is 14.7 Å². The van der Waals surface area contributed by atoms with Gasteiger partial charge in [-0.25, -0.2) is 0 Å². The number of anilines is 1. The van der Waals surface area contributed by atoms with Crippen LogP contribution in [0.4, 0.5) is 5.69 Å². The van der Waals surface area contributed by atoms with Crippen LogP contribution in [0.1, 0.15) is 22.9 Å². The molecular formula is C22H16ClN3O3. The van der Waals surface area contributed by atoms with Gasteiger partial charge in [0, 0.05) is 34.9 Å². The molecule has 0 saturated carbocycles. The van der Waals surface area contributed by atoms with Crippen LogP contribution in [-0.2, 0) is 9.59 Å². The van der Waals surface area contributed by atoms with Crippen LogP contribution in [0.15, 0.2) is 72.7 Å². The molecule has 2 aromatic heterocycles. The number of ketones is 1. The number of aliphatic hydroxyl groups excluding tert-OH is 1. The standard InChI is InChI=1S/C22H16ClN3O3/c1-13-15(23)5-4-7-17(13)26-19(16-6-2-3-10-25-16)18(21(28)22(26)29)20(27)14-8-11-24-12-9-14/h2-12,19,27H,1H3/b20-18+. The molecule has 3 heterocycles. The SMILES string of the molecule is Cc1c(Cl)cccc1N1C(=O)C(=O)/C(=C(/O)c2ccncc2)C1c1ccccn1. The Morgan fingerprint density at radius 3 is 2.48 bits per heavy atom. The lowest BCUT2D eigenvalue weighted by Gasteiger charge is -2.26. The van der Waals surface area contributed by atoms with Crippen molar-refractivity contribution in [3.05, 3.63) is 94.5 Å². The summed E-state index contributed by atoms with van der Waals surface area (Å²) in [5.41, 5.74) is 1.97. The Hall–Kier alpha value is -3.51. The van der Waals surface area contributed by atoms with Gasteiger partial charge in [-0.1, -0.05) is 23.7 Å². The highest BCUT2D eigenvalue weighted by atomic mass is 35.5. The van der Waals surface area contributed by atoms with E-state index in [-0.39, 0.29) is 11.3 Å². The lowest BCUT2D eigenvalue weighted by Crippen LogP contribution is -2.30. The second-order valence-corrected chi connectivity index (χ2v) is 6.95. The molecule has 1 amide bonds. The number of hydrogen-bond acceptors (Lipinski definition) is 5. The van der Waals surface area contributed by atoms with E-state index in [9.17, 15) is 14.7 Å². The van der Waals surface area contributed by atoms with Crippen molar-refractivity contribution in [1.82, 2.24) is 9.97 Å². The van der Waals surface area contributed by atoms with Crippen LogP contribution < -0.4 is 4.90 Å². The van der Waals surface area contributed by atoms with Crippen LogP contribution in [0.3, 0.4) is 0 Å². The summed E-state index contributed by atoms with van der Waals surface area (Å²) in [6.45, 7) is 1.77. The van der Waals surface area contributed by atoms with E-state index in [1.54, 1.807) is 61.7 Å². The first-order valence-corrected chi connectivity index (χ1v) is 9.26. The zero-order valence-electron chi connectivity index (χ0n) is 15.4. The summed E-state index contributed by atoms with van der Waals surface area (Å²) >= 11 is 6.26. The molecule has 1 fully saturated rings.